The summed E-state index contributed by atoms with van der Waals surface area (Å²) in [5, 5.41) is 5.62. The number of amides is 2. The average Bonchev–Trinajstić information content (AvgIpc) is 2.71. The smallest absolute Gasteiger partial charge is 0.224 e. The molecule has 0 atom stereocenters. The van der Waals surface area contributed by atoms with E-state index >= 15 is 0 Å². The van der Waals surface area contributed by atoms with Gasteiger partial charge < -0.3 is 20.1 Å². The summed E-state index contributed by atoms with van der Waals surface area (Å²) in [5.74, 6) is 1.000. The molecule has 0 spiro atoms. The fraction of sp³-hybridized carbons (Fsp3) is 0.217. The van der Waals surface area contributed by atoms with Crippen LogP contribution in [0.25, 0.3) is 0 Å². The summed E-state index contributed by atoms with van der Waals surface area (Å²) in [7, 11) is 0. The highest BCUT2D eigenvalue weighted by Crippen LogP contribution is 2.19. The lowest BCUT2D eigenvalue weighted by Gasteiger charge is -2.09. The number of nitrogens with one attached hydrogen (secondary N) is 2. The van der Waals surface area contributed by atoms with Crippen molar-refractivity contribution < 1.29 is 19.1 Å². The molecule has 0 heterocycles. The first-order valence-corrected chi connectivity index (χ1v) is 9.38. The van der Waals surface area contributed by atoms with Crippen molar-refractivity contribution in [1.82, 2.24) is 0 Å². The summed E-state index contributed by atoms with van der Waals surface area (Å²) in [6, 6.07) is 14.3. The molecule has 0 radical (unpaired) electrons. The molecule has 0 saturated heterocycles. The zero-order chi connectivity index (χ0) is 20.9. The van der Waals surface area contributed by atoms with Crippen molar-refractivity contribution in [3.05, 3.63) is 73.8 Å². The van der Waals surface area contributed by atoms with Gasteiger partial charge in [-0.15, -0.1) is 0 Å². The molecule has 2 aromatic carbocycles. The van der Waals surface area contributed by atoms with E-state index in [1.807, 2.05) is 0 Å². The van der Waals surface area contributed by atoms with Gasteiger partial charge in [0.25, 0.3) is 0 Å². The van der Waals surface area contributed by atoms with Crippen LogP contribution in [0.3, 0.4) is 0 Å². The van der Waals surface area contributed by atoms with E-state index < -0.39 is 0 Å². The van der Waals surface area contributed by atoms with E-state index in [-0.39, 0.29) is 24.7 Å². The fourth-order valence-corrected chi connectivity index (χ4v) is 2.49. The van der Waals surface area contributed by atoms with Crippen molar-refractivity contribution in [2.75, 3.05) is 23.8 Å². The molecule has 2 aromatic rings. The van der Waals surface area contributed by atoms with E-state index in [0.717, 1.165) is 0 Å². The van der Waals surface area contributed by atoms with Crippen molar-refractivity contribution in [3.63, 3.8) is 0 Å². The molecule has 29 heavy (non-hydrogen) atoms. The van der Waals surface area contributed by atoms with Crippen LogP contribution in [-0.4, -0.2) is 25.0 Å². The molecule has 0 unspecified atom stereocenters. The topological polar surface area (TPSA) is 76.7 Å². The average molecular weight is 394 g/mol. The summed E-state index contributed by atoms with van der Waals surface area (Å²) in [4.78, 5) is 24.2. The van der Waals surface area contributed by atoms with E-state index in [9.17, 15) is 9.59 Å². The van der Waals surface area contributed by atoms with Gasteiger partial charge in [0.2, 0.25) is 11.8 Å². The highest BCUT2D eigenvalue weighted by Gasteiger charge is 2.07. The predicted octanol–water partition coefficient (Wildman–Crippen LogP) is 4.56. The monoisotopic (exact) mass is 394 g/mol. The molecule has 2 rings (SSSR count). The van der Waals surface area contributed by atoms with E-state index in [4.69, 9.17) is 9.47 Å². The largest absolute Gasteiger partial charge is 0.489 e. The van der Waals surface area contributed by atoms with Crippen LogP contribution in [0.1, 0.15) is 19.3 Å². The van der Waals surface area contributed by atoms with Gasteiger partial charge in [0.15, 0.2) is 0 Å². The molecule has 0 fully saturated rings. The van der Waals surface area contributed by atoms with Crippen molar-refractivity contribution in [1.29, 1.82) is 0 Å². The lowest BCUT2D eigenvalue weighted by Crippen LogP contribution is -2.15. The molecular weight excluding hydrogens is 368 g/mol. The third-order valence-corrected chi connectivity index (χ3v) is 3.78. The second kappa shape index (κ2) is 12.0. The van der Waals surface area contributed by atoms with Crippen LogP contribution in [-0.2, 0) is 9.59 Å². The van der Waals surface area contributed by atoms with Gasteiger partial charge >= 0.3 is 0 Å². The number of benzene rings is 2. The third-order valence-electron chi connectivity index (χ3n) is 3.78. The van der Waals surface area contributed by atoms with Crippen molar-refractivity contribution in [2.24, 2.45) is 0 Å². The summed E-state index contributed by atoms with van der Waals surface area (Å²) in [6.45, 7) is 8.00. The van der Waals surface area contributed by atoms with E-state index in [2.05, 4.69) is 23.8 Å². The van der Waals surface area contributed by atoms with Gasteiger partial charge in [0, 0.05) is 36.3 Å². The molecule has 0 aliphatic heterocycles. The fourth-order valence-electron chi connectivity index (χ4n) is 2.49. The summed E-state index contributed by atoms with van der Waals surface area (Å²) in [5.41, 5.74) is 1.30. The van der Waals surface area contributed by atoms with Crippen LogP contribution in [0, 0.1) is 0 Å². The molecule has 2 amide bonds. The lowest BCUT2D eigenvalue weighted by molar-refractivity contribution is -0.117. The summed E-state index contributed by atoms with van der Waals surface area (Å²) in [6.07, 6.45) is 4.24. The minimum atomic E-state index is -0.154. The van der Waals surface area contributed by atoms with Gasteiger partial charge in [0.1, 0.15) is 24.7 Å². The third kappa shape index (κ3) is 8.34. The normalized spacial score (nSPS) is 9.93. The zero-order valence-electron chi connectivity index (χ0n) is 16.4. The van der Waals surface area contributed by atoms with Crippen LogP contribution in [0.5, 0.6) is 11.5 Å². The Hall–Kier alpha value is -3.54. The molecule has 0 aromatic heterocycles. The molecular formula is C23H26N2O4. The Morgan fingerprint density at radius 1 is 0.793 bits per heavy atom. The maximum absolute atomic E-state index is 12.1. The van der Waals surface area contributed by atoms with E-state index in [1.54, 1.807) is 60.7 Å². The van der Waals surface area contributed by atoms with Crippen LogP contribution >= 0.6 is 0 Å². The van der Waals surface area contributed by atoms with E-state index in [1.165, 1.54) is 0 Å². The quantitative estimate of drug-likeness (QED) is 0.517. The second-order valence-electron chi connectivity index (χ2n) is 6.20. The van der Waals surface area contributed by atoms with E-state index in [0.29, 0.717) is 42.5 Å². The van der Waals surface area contributed by atoms with Gasteiger partial charge in [-0.2, -0.15) is 0 Å². The minimum absolute atomic E-state index is 0.154. The number of hydrogen-bond donors (Lipinski definition) is 2. The first kappa shape index (κ1) is 21.8. The first-order chi connectivity index (χ1) is 14.1. The standard InChI is InChI=1S/C23H26N2O4/c1-3-14-28-20-10-5-8-18(16-20)24-22(26)12-7-13-23(27)25-19-9-6-11-21(17-19)29-15-4-2/h3-6,8-11,16-17H,1-2,7,12-15H2,(H,24,26)(H,25,27). The number of carbonyl (C=O) groups is 2. The molecule has 0 aliphatic carbocycles. The number of anilines is 2. The Labute approximate surface area is 171 Å². The van der Waals surface area contributed by atoms with Crippen molar-refractivity contribution in [2.45, 2.75) is 19.3 Å². The Morgan fingerprint density at radius 2 is 1.24 bits per heavy atom. The highest BCUT2D eigenvalue weighted by molar-refractivity contribution is 5.93. The van der Waals surface area contributed by atoms with Gasteiger partial charge in [-0.05, 0) is 30.7 Å². The van der Waals surface area contributed by atoms with Gasteiger partial charge in [0.05, 0.1) is 0 Å². The van der Waals surface area contributed by atoms with Crippen molar-refractivity contribution in [3.8, 4) is 11.5 Å². The maximum Gasteiger partial charge on any atom is 0.224 e. The predicted molar refractivity (Wildman–Crippen MR) is 115 cm³/mol. The Morgan fingerprint density at radius 3 is 1.66 bits per heavy atom. The maximum atomic E-state index is 12.1. The second-order valence-corrected chi connectivity index (χ2v) is 6.20. The number of carbonyl (C=O) groups excluding carboxylic acids is 2. The van der Waals surface area contributed by atoms with Gasteiger partial charge in [-0.25, -0.2) is 0 Å². The first-order valence-electron chi connectivity index (χ1n) is 9.38. The molecule has 0 saturated carbocycles. The molecule has 6 nitrogen and oxygen atoms in total. The minimum Gasteiger partial charge on any atom is -0.489 e. The molecule has 0 bridgehead atoms. The molecule has 0 aliphatic rings. The Kier molecular flexibility index (Phi) is 9.02. The zero-order valence-corrected chi connectivity index (χ0v) is 16.4. The lowest BCUT2D eigenvalue weighted by atomic mass is 10.2. The summed E-state index contributed by atoms with van der Waals surface area (Å²) >= 11 is 0. The highest BCUT2D eigenvalue weighted by atomic mass is 16.5. The van der Waals surface area contributed by atoms with Gasteiger partial charge in [-0.3, -0.25) is 9.59 Å². The Bertz CT molecular complexity index is 779. The number of ether oxygens (including phenoxy) is 2. The van der Waals surface area contributed by atoms with Crippen molar-refractivity contribution >= 4 is 23.2 Å². The molecule has 2 N–H and O–H groups in total. The van der Waals surface area contributed by atoms with Crippen LogP contribution in [0.4, 0.5) is 11.4 Å². The van der Waals surface area contributed by atoms with Crippen LogP contribution < -0.4 is 20.1 Å². The number of hydrogen-bond acceptors (Lipinski definition) is 4. The Balaban J connectivity index is 1.73. The van der Waals surface area contributed by atoms with Crippen LogP contribution in [0.2, 0.25) is 0 Å². The summed E-state index contributed by atoms with van der Waals surface area (Å²) < 4.78 is 10.9. The number of rotatable bonds is 12. The SMILES string of the molecule is C=CCOc1cccc(NC(=O)CCCC(=O)Nc2cccc(OCC=C)c2)c1. The molecule has 6 heteroatoms. The molecule has 152 valence electrons. The van der Waals surface area contributed by atoms with Gasteiger partial charge in [-0.1, -0.05) is 37.4 Å². The van der Waals surface area contributed by atoms with Crippen LogP contribution in [0.15, 0.2) is 73.8 Å².